The number of ketones is 1. The molecule has 1 aliphatic carbocycles. The normalized spacial score (nSPS) is 13.3. The zero-order chi connectivity index (χ0) is 22.1. The number of ether oxygens (including phenoxy) is 1. The summed E-state index contributed by atoms with van der Waals surface area (Å²) in [6.45, 7) is 5.54. The summed E-state index contributed by atoms with van der Waals surface area (Å²) in [7, 11) is 0. The highest BCUT2D eigenvalue weighted by molar-refractivity contribution is 7.18. The van der Waals surface area contributed by atoms with Crippen molar-refractivity contribution in [3.8, 4) is 0 Å². The summed E-state index contributed by atoms with van der Waals surface area (Å²) in [4.78, 5) is 46.6. The van der Waals surface area contributed by atoms with E-state index in [0.29, 0.717) is 16.8 Å². The van der Waals surface area contributed by atoms with Crippen molar-refractivity contribution in [1.82, 2.24) is 9.97 Å². The Morgan fingerprint density at radius 3 is 2.65 bits per heavy atom. The van der Waals surface area contributed by atoms with Crippen LogP contribution < -0.4 is 5.56 Å². The van der Waals surface area contributed by atoms with Crippen LogP contribution in [0.1, 0.15) is 62.6 Å². The summed E-state index contributed by atoms with van der Waals surface area (Å²) < 4.78 is 5.18. The van der Waals surface area contributed by atoms with Gasteiger partial charge in [-0.15, -0.1) is 11.3 Å². The molecule has 7 heteroatoms. The first-order valence-electron chi connectivity index (χ1n) is 10.6. The summed E-state index contributed by atoms with van der Waals surface area (Å²) in [5.74, 6) is -0.224. The number of thiophene rings is 1. The highest BCUT2D eigenvalue weighted by Gasteiger charge is 2.20. The van der Waals surface area contributed by atoms with Crippen molar-refractivity contribution in [2.75, 3.05) is 6.61 Å². The third kappa shape index (κ3) is 4.46. The molecule has 0 aliphatic heterocycles. The van der Waals surface area contributed by atoms with Gasteiger partial charge in [0.2, 0.25) is 5.78 Å². The SMILES string of the molecule is Cc1cc(C)c(C(=O)COC(=O)CCc2nc3sc4c(c3c(=O)[nH]2)CCCC4)cc1C. The summed E-state index contributed by atoms with van der Waals surface area (Å²) in [6, 6.07) is 3.80. The summed E-state index contributed by atoms with van der Waals surface area (Å²) in [6.07, 6.45) is 4.51. The van der Waals surface area contributed by atoms with Crippen LogP contribution in [0.3, 0.4) is 0 Å². The fraction of sp³-hybridized carbons (Fsp3) is 0.417. The Balaban J connectivity index is 1.38. The fourth-order valence-electron chi connectivity index (χ4n) is 4.10. The maximum Gasteiger partial charge on any atom is 0.306 e. The van der Waals surface area contributed by atoms with E-state index in [4.69, 9.17) is 4.74 Å². The molecule has 0 unspecified atom stereocenters. The first-order chi connectivity index (χ1) is 14.8. The quantitative estimate of drug-likeness (QED) is 0.461. The second kappa shape index (κ2) is 8.75. The van der Waals surface area contributed by atoms with Gasteiger partial charge in [0.25, 0.3) is 5.56 Å². The van der Waals surface area contributed by atoms with Crippen molar-refractivity contribution in [2.45, 2.75) is 59.3 Å². The predicted octanol–water partition coefficient (Wildman–Crippen LogP) is 4.15. The predicted molar refractivity (Wildman–Crippen MR) is 121 cm³/mol. The van der Waals surface area contributed by atoms with Crippen LogP contribution in [0.4, 0.5) is 0 Å². The Bertz CT molecular complexity index is 1240. The smallest absolute Gasteiger partial charge is 0.306 e. The lowest BCUT2D eigenvalue weighted by Gasteiger charge is -2.10. The number of Topliss-reactive ketones (excluding diaryl/α,β-unsaturated/α-hetero) is 1. The highest BCUT2D eigenvalue weighted by atomic mass is 32.1. The first-order valence-corrected chi connectivity index (χ1v) is 11.4. The number of H-pyrrole nitrogens is 1. The van der Waals surface area contributed by atoms with E-state index in [0.717, 1.165) is 52.8 Å². The van der Waals surface area contributed by atoms with Crippen molar-refractivity contribution in [3.05, 3.63) is 61.0 Å². The number of rotatable bonds is 6. The van der Waals surface area contributed by atoms with E-state index in [-0.39, 0.29) is 30.8 Å². The number of carbonyl (C=O) groups is 2. The molecule has 0 fully saturated rings. The van der Waals surface area contributed by atoms with E-state index < -0.39 is 5.97 Å². The van der Waals surface area contributed by atoms with Crippen molar-refractivity contribution in [1.29, 1.82) is 0 Å². The molecule has 2 heterocycles. The van der Waals surface area contributed by atoms with Crippen LogP contribution in [0.25, 0.3) is 10.2 Å². The molecule has 0 bridgehead atoms. The van der Waals surface area contributed by atoms with Gasteiger partial charge in [0.05, 0.1) is 11.8 Å². The van der Waals surface area contributed by atoms with Gasteiger partial charge in [0.1, 0.15) is 10.7 Å². The summed E-state index contributed by atoms with van der Waals surface area (Å²) in [5.41, 5.74) is 4.61. The molecule has 4 rings (SSSR count). The van der Waals surface area contributed by atoms with Gasteiger partial charge in [0.15, 0.2) is 6.61 Å². The van der Waals surface area contributed by atoms with Crippen LogP contribution in [0.15, 0.2) is 16.9 Å². The molecule has 1 aromatic carbocycles. The van der Waals surface area contributed by atoms with Gasteiger partial charge in [-0.1, -0.05) is 6.07 Å². The maximum absolute atomic E-state index is 12.6. The maximum atomic E-state index is 12.6. The van der Waals surface area contributed by atoms with E-state index in [1.807, 2.05) is 32.9 Å². The molecule has 0 amide bonds. The number of nitrogens with zero attached hydrogens (tertiary/aromatic N) is 1. The highest BCUT2D eigenvalue weighted by Crippen LogP contribution is 2.33. The largest absolute Gasteiger partial charge is 0.457 e. The lowest BCUT2D eigenvalue weighted by molar-refractivity contribution is -0.142. The molecule has 1 aliphatic rings. The number of nitrogens with one attached hydrogen (secondary N) is 1. The molecule has 31 heavy (non-hydrogen) atoms. The van der Waals surface area contributed by atoms with Gasteiger partial charge < -0.3 is 9.72 Å². The number of aromatic nitrogens is 2. The van der Waals surface area contributed by atoms with E-state index in [1.54, 1.807) is 11.3 Å². The van der Waals surface area contributed by atoms with E-state index in [9.17, 15) is 14.4 Å². The third-order valence-electron chi connectivity index (χ3n) is 5.95. The van der Waals surface area contributed by atoms with Crippen LogP contribution in [0, 0.1) is 20.8 Å². The van der Waals surface area contributed by atoms with Gasteiger partial charge in [-0.05, 0) is 74.8 Å². The zero-order valence-corrected chi connectivity index (χ0v) is 18.9. The van der Waals surface area contributed by atoms with Crippen LogP contribution in [0.2, 0.25) is 0 Å². The monoisotopic (exact) mass is 438 g/mol. The average Bonchev–Trinajstić information content (AvgIpc) is 3.12. The second-order valence-corrected chi connectivity index (χ2v) is 9.32. The Morgan fingerprint density at radius 1 is 1.10 bits per heavy atom. The number of carbonyl (C=O) groups excluding carboxylic acids is 2. The van der Waals surface area contributed by atoms with E-state index >= 15 is 0 Å². The number of esters is 1. The minimum atomic E-state index is -0.483. The lowest BCUT2D eigenvalue weighted by atomic mass is 9.97. The van der Waals surface area contributed by atoms with Gasteiger partial charge in [-0.2, -0.15) is 0 Å². The number of aryl methyl sites for hydroxylation is 6. The molecule has 0 saturated carbocycles. The van der Waals surface area contributed by atoms with E-state index in [2.05, 4.69) is 9.97 Å². The van der Waals surface area contributed by atoms with Crippen molar-refractivity contribution in [3.63, 3.8) is 0 Å². The van der Waals surface area contributed by atoms with Crippen molar-refractivity contribution in [2.24, 2.45) is 0 Å². The minimum Gasteiger partial charge on any atom is -0.457 e. The number of hydrogen-bond acceptors (Lipinski definition) is 6. The first kappa shape index (κ1) is 21.4. The molecule has 1 N–H and O–H groups in total. The average molecular weight is 439 g/mol. The van der Waals surface area contributed by atoms with Crippen LogP contribution in [-0.2, 0) is 28.8 Å². The molecular weight excluding hydrogens is 412 g/mol. The molecule has 3 aromatic rings. The van der Waals surface area contributed by atoms with Crippen LogP contribution >= 0.6 is 11.3 Å². The fourth-order valence-corrected chi connectivity index (χ4v) is 5.39. The number of fused-ring (bicyclic) bond motifs is 3. The molecule has 162 valence electrons. The zero-order valence-electron chi connectivity index (χ0n) is 18.1. The second-order valence-electron chi connectivity index (χ2n) is 8.24. The Morgan fingerprint density at radius 2 is 1.84 bits per heavy atom. The molecular formula is C24H26N2O4S. The number of benzene rings is 1. The van der Waals surface area contributed by atoms with Gasteiger partial charge in [-0.3, -0.25) is 14.4 Å². The van der Waals surface area contributed by atoms with Crippen LogP contribution in [0.5, 0.6) is 0 Å². The molecule has 0 radical (unpaired) electrons. The lowest BCUT2D eigenvalue weighted by Crippen LogP contribution is -2.17. The standard InChI is InChI=1S/C24H26N2O4S/c1-13-10-15(3)17(11-14(13)2)18(27)12-30-21(28)9-8-20-25-23(29)22-16-6-4-5-7-19(16)31-24(22)26-20/h10-11H,4-9,12H2,1-3H3,(H,25,26,29). The third-order valence-corrected chi connectivity index (χ3v) is 7.13. The van der Waals surface area contributed by atoms with Gasteiger partial charge in [0, 0.05) is 16.9 Å². The minimum absolute atomic E-state index is 0.0543. The number of hydrogen-bond donors (Lipinski definition) is 1. The Kier molecular flexibility index (Phi) is 6.05. The summed E-state index contributed by atoms with van der Waals surface area (Å²) in [5, 5.41) is 0.709. The Labute approximate surface area is 184 Å². The van der Waals surface area contributed by atoms with Crippen molar-refractivity contribution < 1.29 is 14.3 Å². The summed E-state index contributed by atoms with van der Waals surface area (Å²) >= 11 is 1.59. The number of aromatic amines is 1. The van der Waals surface area contributed by atoms with Gasteiger partial charge in [-0.25, -0.2) is 4.98 Å². The van der Waals surface area contributed by atoms with Crippen molar-refractivity contribution >= 4 is 33.3 Å². The Hall–Kier alpha value is -2.80. The topological polar surface area (TPSA) is 89.1 Å². The van der Waals surface area contributed by atoms with E-state index in [1.165, 1.54) is 4.88 Å². The molecule has 6 nitrogen and oxygen atoms in total. The molecule has 0 saturated heterocycles. The molecule has 2 aromatic heterocycles. The molecule has 0 atom stereocenters. The van der Waals surface area contributed by atoms with Crippen LogP contribution in [-0.4, -0.2) is 28.3 Å². The van der Waals surface area contributed by atoms with Gasteiger partial charge >= 0.3 is 5.97 Å². The molecule has 0 spiro atoms.